The lowest BCUT2D eigenvalue weighted by molar-refractivity contribution is -0.130. The number of benzene rings is 1. The Morgan fingerprint density at radius 2 is 2.04 bits per heavy atom. The first-order valence-corrected chi connectivity index (χ1v) is 9.05. The lowest BCUT2D eigenvalue weighted by atomic mass is 10.1. The fourth-order valence-electron chi connectivity index (χ4n) is 3.42. The van der Waals surface area contributed by atoms with Gasteiger partial charge in [-0.1, -0.05) is 17.3 Å². The molecule has 6 heteroatoms. The highest BCUT2D eigenvalue weighted by molar-refractivity contribution is 5.76. The molecule has 2 heterocycles. The molecular formula is C19H24N4O2. The number of aryl methyl sites for hydroxylation is 1. The van der Waals surface area contributed by atoms with Crippen LogP contribution in [0.15, 0.2) is 30.5 Å². The van der Waals surface area contributed by atoms with Crippen molar-refractivity contribution in [2.24, 2.45) is 0 Å². The van der Waals surface area contributed by atoms with Gasteiger partial charge in [0, 0.05) is 31.6 Å². The fraction of sp³-hybridized carbons (Fsp3) is 0.526. The van der Waals surface area contributed by atoms with Gasteiger partial charge >= 0.3 is 0 Å². The molecular weight excluding hydrogens is 316 g/mol. The first-order chi connectivity index (χ1) is 12.2. The fourth-order valence-corrected chi connectivity index (χ4v) is 3.42. The summed E-state index contributed by atoms with van der Waals surface area (Å²) in [7, 11) is 1.66. The number of amides is 1. The molecule has 132 valence electrons. The molecule has 1 aliphatic heterocycles. The maximum absolute atomic E-state index is 12.5. The van der Waals surface area contributed by atoms with E-state index in [1.807, 2.05) is 33.8 Å². The molecule has 4 rings (SSSR count). The van der Waals surface area contributed by atoms with Gasteiger partial charge in [0.2, 0.25) is 5.91 Å². The van der Waals surface area contributed by atoms with Crippen molar-refractivity contribution in [2.75, 3.05) is 20.2 Å². The van der Waals surface area contributed by atoms with Crippen molar-refractivity contribution >= 4 is 5.91 Å². The van der Waals surface area contributed by atoms with Gasteiger partial charge in [0.25, 0.3) is 0 Å². The van der Waals surface area contributed by atoms with Crippen molar-refractivity contribution in [3.05, 3.63) is 41.7 Å². The summed E-state index contributed by atoms with van der Waals surface area (Å²) in [4.78, 5) is 14.5. The van der Waals surface area contributed by atoms with Crippen LogP contribution in [-0.2, 0) is 11.2 Å². The third kappa shape index (κ3) is 3.67. The van der Waals surface area contributed by atoms with Gasteiger partial charge in [-0.2, -0.15) is 0 Å². The molecule has 1 aromatic carbocycles. The highest BCUT2D eigenvalue weighted by Gasteiger charge is 2.30. The number of nitrogens with zero attached hydrogens (tertiary/aromatic N) is 4. The number of carbonyl (C=O) groups is 1. The van der Waals surface area contributed by atoms with E-state index in [4.69, 9.17) is 4.74 Å². The van der Waals surface area contributed by atoms with Crippen molar-refractivity contribution in [2.45, 2.75) is 44.1 Å². The Morgan fingerprint density at radius 3 is 2.76 bits per heavy atom. The van der Waals surface area contributed by atoms with Crippen LogP contribution in [0.1, 0.15) is 48.9 Å². The van der Waals surface area contributed by atoms with E-state index >= 15 is 0 Å². The second kappa shape index (κ2) is 6.86. The minimum absolute atomic E-state index is 0.223. The second-order valence-electron chi connectivity index (χ2n) is 7.03. The lowest BCUT2D eigenvalue weighted by Crippen LogP contribution is -2.29. The molecule has 2 aromatic rings. The van der Waals surface area contributed by atoms with Gasteiger partial charge in [-0.3, -0.25) is 4.79 Å². The van der Waals surface area contributed by atoms with E-state index in [2.05, 4.69) is 16.5 Å². The van der Waals surface area contributed by atoms with Gasteiger partial charge in [0.05, 0.1) is 18.8 Å². The molecule has 2 fully saturated rings. The molecule has 2 aliphatic rings. The van der Waals surface area contributed by atoms with Gasteiger partial charge in [-0.05, 0) is 43.4 Å². The van der Waals surface area contributed by atoms with E-state index in [0.29, 0.717) is 12.3 Å². The van der Waals surface area contributed by atoms with Crippen LogP contribution in [0.5, 0.6) is 5.75 Å². The molecule has 0 spiro atoms. The summed E-state index contributed by atoms with van der Waals surface area (Å²) in [6.45, 7) is 1.56. The largest absolute Gasteiger partial charge is 0.497 e. The van der Waals surface area contributed by atoms with Crippen LogP contribution in [0.3, 0.4) is 0 Å². The Labute approximate surface area is 147 Å². The number of aromatic nitrogens is 3. The molecule has 1 saturated heterocycles. The van der Waals surface area contributed by atoms with E-state index in [9.17, 15) is 4.79 Å². The Balaban J connectivity index is 1.28. The monoisotopic (exact) mass is 340 g/mol. The van der Waals surface area contributed by atoms with Crippen molar-refractivity contribution in [1.82, 2.24) is 19.9 Å². The Bertz CT molecular complexity index is 736. The molecule has 0 N–H and O–H groups in total. The number of ether oxygens (including phenoxy) is 1. The number of likely N-dealkylation sites (tertiary alicyclic amines) is 1. The molecule has 1 atom stereocenters. The molecule has 1 aromatic heterocycles. The summed E-state index contributed by atoms with van der Waals surface area (Å²) in [5.74, 6) is 1.69. The summed E-state index contributed by atoms with van der Waals surface area (Å²) < 4.78 is 7.12. The van der Waals surface area contributed by atoms with Crippen LogP contribution >= 0.6 is 0 Å². The molecule has 6 nitrogen and oxygen atoms in total. The van der Waals surface area contributed by atoms with E-state index in [0.717, 1.165) is 42.9 Å². The smallest absolute Gasteiger partial charge is 0.222 e. The van der Waals surface area contributed by atoms with Crippen LogP contribution in [0.2, 0.25) is 0 Å². The standard InChI is InChI=1S/C19H24N4O2/c1-25-17-7-2-14(3-8-17)4-9-19(24)22-11-10-16(12-22)23-13-18(20-21-23)15-5-6-15/h2-3,7-8,13,15-16H,4-6,9-12H2,1H3/t16-/m0/s1. The molecule has 0 bridgehead atoms. The van der Waals surface area contributed by atoms with Gasteiger partial charge in [-0.15, -0.1) is 5.10 Å². The Kier molecular flexibility index (Phi) is 4.42. The zero-order valence-corrected chi connectivity index (χ0v) is 14.6. The minimum atomic E-state index is 0.223. The predicted octanol–water partition coefficient (Wildman–Crippen LogP) is 2.57. The second-order valence-corrected chi connectivity index (χ2v) is 7.03. The molecule has 1 amide bonds. The highest BCUT2D eigenvalue weighted by Crippen LogP contribution is 2.39. The van der Waals surface area contributed by atoms with Crippen LogP contribution in [0, 0.1) is 0 Å². The zero-order valence-electron chi connectivity index (χ0n) is 14.6. The average Bonchev–Trinajstić information content (AvgIpc) is 3.18. The van der Waals surface area contributed by atoms with E-state index in [-0.39, 0.29) is 11.9 Å². The van der Waals surface area contributed by atoms with E-state index < -0.39 is 0 Å². The first-order valence-electron chi connectivity index (χ1n) is 9.05. The Morgan fingerprint density at radius 1 is 1.24 bits per heavy atom. The van der Waals surface area contributed by atoms with Crippen molar-refractivity contribution < 1.29 is 9.53 Å². The number of carbonyl (C=O) groups excluding carboxylic acids is 1. The normalized spacial score (nSPS) is 20.0. The summed E-state index contributed by atoms with van der Waals surface area (Å²) in [6.07, 6.45) is 6.82. The summed E-state index contributed by atoms with van der Waals surface area (Å²) in [5, 5.41) is 8.56. The topological polar surface area (TPSA) is 60.2 Å². The Hall–Kier alpha value is -2.37. The zero-order chi connectivity index (χ0) is 17.2. The van der Waals surface area contributed by atoms with Crippen LogP contribution < -0.4 is 4.74 Å². The third-order valence-corrected chi connectivity index (χ3v) is 5.20. The SMILES string of the molecule is COc1ccc(CCC(=O)N2CC[C@H](n3cc(C4CC4)nn3)C2)cc1. The first kappa shape index (κ1) is 16.1. The van der Waals surface area contributed by atoms with Crippen LogP contribution in [-0.4, -0.2) is 46.0 Å². The minimum Gasteiger partial charge on any atom is -0.497 e. The molecule has 25 heavy (non-hydrogen) atoms. The van der Waals surface area contributed by atoms with Gasteiger partial charge in [-0.25, -0.2) is 4.68 Å². The number of methoxy groups -OCH3 is 1. The summed E-state index contributed by atoms with van der Waals surface area (Å²) >= 11 is 0. The van der Waals surface area contributed by atoms with Crippen molar-refractivity contribution in [3.63, 3.8) is 0 Å². The van der Waals surface area contributed by atoms with E-state index in [1.165, 1.54) is 12.8 Å². The maximum Gasteiger partial charge on any atom is 0.222 e. The van der Waals surface area contributed by atoms with Gasteiger partial charge < -0.3 is 9.64 Å². The predicted molar refractivity (Wildman–Crippen MR) is 93.5 cm³/mol. The van der Waals surface area contributed by atoms with E-state index in [1.54, 1.807) is 7.11 Å². The average molecular weight is 340 g/mol. The lowest BCUT2D eigenvalue weighted by Gasteiger charge is -2.16. The third-order valence-electron chi connectivity index (χ3n) is 5.20. The molecule has 0 radical (unpaired) electrons. The van der Waals surface area contributed by atoms with Gasteiger partial charge in [0.15, 0.2) is 0 Å². The van der Waals surface area contributed by atoms with Gasteiger partial charge in [0.1, 0.15) is 5.75 Å². The number of hydrogen-bond donors (Lipinski definition) is 0. The van der Waals surface area contributed by atoms with Crippen LogP contribution in [0.25, 0.3) is 0 Å². The molecule has 1 aliphatic carbocycles. The summed E-state index contributed by atoms with van der Waals surface area (Å²) in [6, 6.07) is 8.19. The highest BCUT2D eigenvalue weighted by atomic mass is 16.5. The number of hydrogen-bond acceptors (Lipinski definition) is 4. The number of rotatable bonds is 6. The quantitative estimate of drug-likeness (QED) is 0.811. The maximum atomic E-state index is 12.5. The summed E-state index contributed by atoms with van der Waals surface area (Å²) in [5.41, 5.74) is 2.28. The van der Waals surface area contributed by atoms with Crippen molar-refractivity contribution in [3.8, 4) is 5.75 Å². The van der Waals surface area contributed by atoms with Crippen LogP contribution in [0.4, 0.5) is 0 Å². The molecule has 0 unspecified atom stereocenters. The van der Waals surface area contributed by atoms with Crippen molar-refractivity contribution in [1.29, 1.82) is 0 Å². The molecule has 1 saturated carbocycles.